The molecule has 2 aromatic carbocycles. The molecule has 2 heterocycles. The number of sulfone groups is 1. The molecule has 0 radical (unpaired) electrons. The van der Waals surface area contributed by atoms with Gasteiger partial charge in [-0.25, -0.2) is 17.8 Å². The molecule has 3 aromatic rings. The van der Waals surface area contributed by atoms with E-state index in [1.54, 1.807) is 36.4 Å². The number of fused-ring (bicyclic) bond motifs is 1. The number of nitrogens with one attached hydrogen (secondary N) is 2. The third-order valence-corrected chi connectivity index (χ3v) is 11.3. The first-order valence-electron chi connectivity index (χ1n) is 15.3. The second kappa shape index (κ2) is 14.3. The lowest BCUT2D eigenvalue weighted by molar-refractivity contribution is -0.140. The maximum absolute atomic E-state index is 13.7. The van der Waals surface area contributed by atoms with Crippen LogP contribution in [-0.4, -0.2) is 78.6 Å². The normalized spacial score (nSPS) is 20.6. The number of halogens is 3. The van der Waals surface area contributed by atoms with Crippen LogP contribution in [0.3, 0.4) is 0 Å². The summed E-state index contributed by atoms with van der Waals surface area (Å²) in [5.74, 6) is 6.27. The lowest BCUT2D eigenvalue weighted by Crippen LogP contribution is -2.46. The largest absolute Gasteiger partial charge is 0.495 e. The maximum atomic E-state index is 13.7. The molecule has 5 rings (SSSR count). The third kappa shape index (κ3) is 8.36. The Kier molecular flexibility index (Phi) is 10.6. The molecule has 1 aromatic heterocycles. The topological polar surface area (TPSA) is 119 Å². The Morgan fingerprint density at radius 2 is 1.76 bits per heavy atom. The summed E-state index contributed by atoms with van der Waals surface area (Å²) in [5.41, 5.74) is 2.07. The fourth-order valence-corrected chi connectivity index (χ4v) is 8.05. The van der Waals surface area contributed by atoms with E-state index in [4.69, 9.17) is 9.88 Å². The molecule has 9 nitrogen and oxygen atoms in total. The molecule has 1 atom stereocenters. The first kappa shape index (κ1) is 34.1. The molecule has 2 aliphatic rings. The van der Waals surface area contributed by atoms with Crippen molar-refractivity contribution in [2.24, 2.45) is 5.14 Å². The minimum absolute atomic E-state index is 0.134. The van der Waals surface area contributed by atoms with Gasteiger partial charge in [0.1, 0.15) is 33.1 Å². The van der Waals surface area contributed by atoms with Crippen molar-refractivity contribution in [2.75, 3.05) is 43.6 Å². The predicted molar refractivity (Wildman–Crippen MR) is 176 cm³/mol. The smallest absolute Gasteiger partial charge is 0.406 e. The van der Waals surface area contributed by atoms with Gasteiger partial charge in [0.15, 0.2) is 0 Å². The highest BCUT2D eigenvalue weighted by Gasteiger charge is 2.33. The molecule has 1 aliphatic heterocycles. The first-order chi connectivity index (χ1) is 21.8. The van der Waals surface area contributed by atoms with Gasteiger partial charge in [0.2, 0.25) is 0 Å². The molecule has 14 heteroatoms. The Morgan fingerprint density at radius 3 is 2.39 bits per heavy atom. The summed E-state index contributed by atoms with van der Waals surface area (Å²) < 4.78 is 83.0. The lowest BCUT2D eigenvalue weighted by Gasteiger charge is -2.40. The Balaban J connectivity index is 1.28. The quantitative estimate of drug-likeness (QED) is 0.276. The number of ether oxygens (including phenoxy) is 1. The van der Waals surface area contributed by atoms with Crippen LogP contribution in [0, 0.1) is 11.8 Å². The summed E-state index contributed by atoms with van der Waals surface area (Å²) in [6.07, 6.45) is 2.03. The molecule has 1 saturated heterocycles. The zero-order valence-electron chi connectivity index (χ0n) is 25.9. The average molecular weight is 680 g/mol. The monoisotopic (exact) mass is 679 g/mol. The Labute approximate surface area is 270 Å². The lowest BCUT2D eigenvalue weighted by atomic mass is 9.89. The van der Waals surface area contributed by atoms with E-state index < -0.39 is 33.5 Å². The zero-order chi connectivity index (χ0) is 33.1. The van der Waals surface area contributed by atoms with E-state index in [2.05, 4.69) is 27.4 Å². The van der Waals surface area contributed by atoms with Crippen molar-refractivity contribution < 1.29 is 30.5 Å². The molecule has 4 N–H and O–H groups in total. The van der Waals surface area contributed by atoms with Gasteiger partial charge in [-0.05, 0) is 93.9 Å². The molecule has 250 valence electrons. The minimum Gasteiger partial charge on any atom is -0.495 e. The van der Waals surface area contributed by atoms with Gasteiger partial charge in [-0.1, -0.05) is 12.0 Å². The molecule has 1 aliphatic carbocycles. The first-order valence-corrected chi connectivity index (χ1v) is 18.4. The SMILES string of the molecule is COc1cc(S(N)=O)ccc1NCC#Cc1cc2c(NC3CCC(N4CCC(S(C)(=O)=O)CC4)CC3)cccc2n1CC(F)(F)F. The number of nitrogens with zero attached hydrogens (tertiary/aromatic N) is 2. The van der Waals surface area contributed by atoms with Crippen LogP contribution in [-0.2, 0) is 27.4 Å². The van der Waals surface area contributed by atoms with Crippen LogP contribution in [0.1, 0.15) is 44.2 Å². The number of likely N-dealkylation sites (tertiary alicyclic amines) is 1. The summed E-state index contributed by atoms with van der Waals surface area (Å²) in [6, 6.07) is 12.5. The van der Waals surface area contributed by atoms with Gasteiger partial charge in [0.05, 0.1) is 40.7 Å². The van der Waals surface area contributed by atoms with E-state index in [0.29, 0.717) is 46.1 Å². The number of hydrogen-bond donors (Lipinski definition) is 3. The minimum atomic E-state index is -4.43. The van der Waals surface area contributed by atoms with E-state index in [1.807, 2.05) is 6.07 Å². The van der Waals surface area contributed by atoms with Gasteiger partial charge in [-0.3, -0.25) is 0 Å². The standard InChI is InChI=1S/C32H40F3N5O4S2/c1-44-31-20-25(45(36)41)12-13-29(31)37-16-4-5-24-19-27-28(6-3-7-30(27)40(24)21-32(33,34)35)38-22-8-10-23(11-9-22)39-17-14-26(15-18-39)46(2,42)43/h3,6-7,12-13,19-20,22-23,26,37-38H,8-11,14-18,21,36H2,1-2H3. The van der Waals surface area contributed by atoms with E-state index in [-0.39, 0.29) is 23.5 Å². The Bertz CT molecular complexity index is 1730. The molecule has 2 fully saturated rings. The van der Waals surface area contributed by atoms with E-state index in [1.165, 1.54) is 17.9 Å². The van der Waals surface area contributed by atoms with Crippen LogP contribution < -0.4 is 20.5 Å². The average Bonchev–Trinajstić information content (AvgIpc) is 3.35. The molecule has 0 spiro atoms. The van der Waals surface area contributed by atoms with Crippen molar-refractivity contribution in [3.8, 4) is 17.6 Å². The predicted octanol–water partition coefficient (Wildman–Crippen LogP) is 4.89. The number of nitrogens with two attached hydrogens (primary N) is 1. The molecule has 0 amide bonds. The van der Waals surface area contributed by atoms with Crippen molar-refractivity contribution in [1.29, 1.82) is 0 Å². The van der Waals surface area contributed by atoms with Gasteiger partial charge in [0.25, 0.3) is 0 Å². The van der Waals surface area contributed by atoms with Crippen molar-refractivity contribution in [2.45, 2.75) is 73.5 Å². The number of hydrogen-bond acceptors (Lipinski definition) is 7. The van der Waals surface area contributed by atoms with Crippen molar-refractivity contribution in [3.63, 3.8) is 0 Å². The summed E-state index contributed by atoms with van der Waals surface area (Å²) >= 11 is 0. The van der Waals surface area contributed by atoms with Crippen molar-refractivity contribution >= 4 is 43.1 Å². The van der Waals surface area contributed by atoms with Crippen molar-refractivity contribution in [3.05, 3.63) is 48.2 Å². The number of piperidine rings is 1. The van der Waals surface area contributed by atoms with E-state index in [9.17, 15) is 25.8 Å². The summed E-state index contributed by atoms with van der Waals surface area (Å²) in [5, 5.41) is 12.6. The molecule has 46 heavy (non-hydrogen) atoms. The zero-order valence-corrected chi connectivity index (χ0v) is 27.5. The number of rotatable bonds is 9. The van der Waals surface area contributed by atoms with Crippen molar-refractivity contribution in [1.82, 2.24) is 9.47 Å². The van der Waals surface area contributed by atoms with Crippen LogP contribution in [0.2, 0.25) is 0 Å². The summed E-state index contributed by atoms with van der Waals surface area (Å²) in [4.78, 5) is 2.82. The fraction of sp³-hybridized carbons (Fsp3) is 0.500. The molecule has 1 unspecified atom stereocenters. The second-order valence-electron chi connectivity index (χ2n) is 12.0. The number of alkyl halides is 3. The summed E-state index contributed by atoms with van der Waals surface area (Å²) in [6.45, 7) is 0.559. The molecule has 1 saturated carbocycles. The van der Waals surface area contributed by atoms with Crippen LogP contribution in [0.4, 0.5) is 24.5 Å². The highest BCUT2D eigenvalue weighted by Crippen LogP contribution is 2.34. The molecular formula is C32H40F3N5O4S2. The van der Waals surface area contributed by atoms with Crippen LogP contribution in [0.5, 0.6) is 5.75 Å². The Hall–Kier alpha value is -3.25. The molecular weight excluding hydrogens is 640 g/mol. The summed E-state index contributed by atoms with van der Waals surface area (Å²) in [7, 11) is -3.21. The van der Waals surface area contributed by atoms with Gasteiger partial charge in [-0.15, -0.1) is 0 Å². The number of anilines is 2. The number of benzene rings is 2. The van der Waals surface area contributed by atoms with E-state index >= 15 is 0 Å². The van der Waals surface area contributed by atoms with Gasteiger partial charge in [0, 0.05) is 29.4 Å². The van der Waals surface area contributed by atoms with Crippen LogP contribution in [0.15, 0.2) is 47.4 Å². The highest BCUT2D eigenvalue weighted by atomic mass is 32.2. The van der Waals surface area contributed by atoms with Gasteiger partial charge < -0.3 is 24.8 Å². The fourth-order valence-electron chi connectivity index (χ4n) is 6.55. The molecule has 0 bridgehead atoms. The second-order valence-corrected chi connectivity index (χ2v) is 15.4. The van der Waals surface area contributed by atoms with Crippen LogP contribution in [0.25, 0.3) is 10.9 Å². The maximum Gasteiger partial charge on any atom is 0.406 e. The Morgan fingerprint density at radius 1 is 1.04 bits per heavy atom. The number of aromatic nitrogens is 1. The number of methoxy groups -OCH3 is 1. The highest BCUT2D eigenvalue weighted by molar-refractivity contribution is 7.91. The third-order valence-electron chi connectivity index (χ3n) is 8.93. The van der Waals surface area contributed by atoms with E-state index in [0.717, 1.165) is 44.5 Å². The van der Waals surface area contributed by atoms with Gasteiger partial charge in [-0.2, -0.15) is 13.2 Å². The van der Waals surface area contributed by atoms with Gasteiger partial charge >= 0.3 is 6.18 Å². The van der Waals surface area contributed by atoms with Crippen LogP contribution >= 0.6 is 0 Å².